The van der Waals surface area contributed by atoms with Crippen LogP contribution in [-0.4, -0.2) is 21.7 Å². The summed E-state index contributed by atoms with van der Waals surface area (Å²) in [5, 5.41) is 6.93. The molecular weight excluding hydrogens is 172 g/mol. The second kappa shape index (κ2) is 2.94. The van der Waals surface area contributed by atoms with E-state index in [0.717, 1.165) is 29.2 Å². The van der Waals surface area contributed by atoms with Crippen molar-refractivity contribution in [1.29, 1.82) is 0 Å². The number of nitrogens with zero attached hydrogens (tertiary/aromatic N) is 1. The third-order valence-corrected chi connectivity index (χ3v) is 3.01. The molecule has 2 heterocycles. The van der Waals surface area contributed by atoms with E-state index in [-0.39, 0.29) is 5.78 Å². The largest absolute Gasteiger partial charge is 0.293 e. The minimum atomic E-state index is 0.0689. The summed E-state index contributed by atoms with van der Waals surface area (Å²) in [6.45, 7) is 1.57. The molecule has 1 aromatic heterocycles. The number of Topliss-reactive ketones (excluding diaryl/α,β-unsaturated/α-hetero) is 1. The fraction of sp³-hybridized carbons (Fsp3) is 0.500. The predicted octanol–water partition coefficient (Wildman–Crippen LogP) is 1.40. The lowest BCUT2D eigenvalue weighted by molar-refractivity contribution is 0.101. The molecule has 0 bridgehead atoms. The molecule has 0 aromatic carbocycles. The predicted molar refractivity (Wildman–Crippen MR) is 48.5 cm³/mol. The first-order valence-electron chi connectivity index (χ1n) is 3.94. The van der Waals surface area contributed by atoms with Crippen molar-refractivity contribution in [2.45, 2.75) is 19.1 Å². The number of fused-ring (bicyclic) bond motifs is 1. The molecule has 1 aliphatic rings. The van der Waals surface area contributed by atoms with Crippen molar-refractivity contribution < 1.29 is 4.79 Å². The van der Waals surface area contributed by atoms with E-state index < -0.39 is 0 Å². The highest BCUT2D eigenvalue weighted by atomic mass is 32.2. The third-order valence-electron chi connectivity index (χ3n) is 2.03. The number of hydrogen-bond acceptors (Lipinski definition) is 3. The summed E-state index contributed by atoms with van der Waals surface area (Å²) in [4.78, 5) is 11.1. The van der Waals surface area contributed by atoms with Gasteiger partial charge in [-0.15, -0.1) is 0 Å². The SMILES string of the molecule is CC(=O)c1n[nH]c2c1CCSC2. The van der Waals surface area contributed by atoms with Gasteiger partial charge in [0.2, 0.25) is 0 Å². The second-order valence-corrected chi connectivity index (χ2v) is 3.99. The molecule has 2 rings (SSSR count). The number of carbonyl (C=O) groups excluding carboxylic acids is 1. The zero-order valence-electron chi connectivity index (χ0n) is 6.89. The Balaban J connectivity index is 2.44. The number of aromatic amines is 1. The van der Waals surface area contributed by atoms with E-state index in [2.05, 4.69) is 10.2 Å². The standard InChI is InChI=1S/C8H10N2OS/c1-5(11)8-6-2-3-12-4-7(6)9-10-8/h2-4H2,1H3,(H,9,10). The molecule has 1 N–H and O–H groups in total. The Hall–Kier alpha value is -0.770. The van der Waals surface area contributed by atoms with E-state index in [1.807, 2.05) is 11.8 Å². The van der Waals surface area contributed by atoms with Gasteiger partial charge in [0.25, 0.3) is 0 Å². The highest BCUT2D eigenvalue weighted by Gasteiger charge is 2.18. The molecule has 0 spiro atoms. The van der Waals surface area contributed by atoms with E-state index in [1.165, 1.54) is 0 Å². The zero-order valence-corrected chi connectivity index (χ0v) is 7.70. The van der Waals surface area contributed by atoms with Crippen molar-refractivity contribution in [2.75, 3.05) is 5.75 Å². The lowest BCUT2D eigenvalue weighted by Crippen LogP contribution is -2.04. The van der Waals surface area contributed by atoms with Crippen molar-refractivity contribution in [3.05, 3.63) is 17.0 Å². The van der Waals surface area contributed by atoms with Crippen LogP contribution < -0.4 is 0 Å². The van der Waals surface area contributed by atoms with E-state index in [9.17, 15) is 4.79 Å². The first-order chi connectivity index (χ1) is 5.79. The summed E-state index contributed by atoms with van der Waals surface area (Å²) >= 11 is 1.88. The molecule has 0 fully saturated rings. The van der Waals surface area contributed by atoms with Gasteiger partial charge in [0.1, 0.15) is 5.69 Å². The van der Waals surface area contributed by atoms with Crippen molar-refractivity contribution in [3.8, 4) is 0 Å². The van der Waals surface area contributed by atoms with Crippen LogP contribution in [0.4, 0.5) is 0 Å². The van der Waals surface area contributed by atoms with Gasteiger partial charge in [-0.25, -0.2) is 0 Å². The molecular formula is C8H10N2OS. The molecule has 0 amide bonds. The van der Waals surface area contributed by atoms with Gasteiger partial charge in [0.15, 0.2) is 5.78 Å². The maximum Gasteiger partial charge on any atom is 0.180 e. The summed E-state index contributed by atoms with van der Waals surface area (Å²) in [5.41, 5.74) is 2.92. The number of carbonyl (C=O) groups is 1. The van der Waals surface area contributed by atoms with Crippen molar-refractivity contribution in [2.24, 2.45) is 0 Å². The van der Waals surface area contributed by atoms with E-state index in [4.69, 9.17) is 0 Å². The average molecular weight is 182 g/mol. The van der Waals surface area contributed by atoms with Crippen LogP contribution in [0, 0.1) is 0 Å². The third kappa shape index (κ3) is 1.16. The number of rotatable bonds is 1. The number of H-pyrrole nitrogens is 1. The Bertz CT molecular complexity index is 319. The molecule has 12 heavy (non-hydrogen) atoms. The smallest absolute Gasteiger partial charge is 0.180 e. The van der Waals surface area contributed by atoms with Crippen molar-refractivity contribution >= 4 is 17.5 Å². The van der Waals surface area contributed by atoms with Gasteiger partial charge in [-0.2, -0.15) is 16.9 Å². The molecule has 0 radical (unpaired) electrons. The van der Waals surface area contributed by atoms with Crippen LogP contribution in [-0.2, 0) is 12.2 Å². The summed E-state index contributed by atoms with van der Waals surface area (Å²) in [5.74, 6) is 2.14. The molecule has 0 unspecified atom stereocenters. The number of ketones is 1. The molecule has 0 saturated carbocycles. The van der Waals surface area contributed by atoms with Gasteiger partial charge < -0.3 is 0 Å². The highest BCUT2D eigenvalue weighted by molar-refractivity contribution is 7.98. The molecule has 64 valence electrons. The number of thioether (sulfide) groups is 1. The Kier molecular flexibility index (Phi) is 1.92. The Labute approximate surface area is 74.9 Å². The number of aromatic nitrogens is 2. The van der Waals surface area contributed by atoms with E-state index >= 15 is 0 Å². The van der Waals surface area contributed by atoms with Gasteiger partial charge in [0, 0.05) is 23.9 Å². The van der Waals surface area contributed by atoms with Crippen LogP contribution >= 0.6 is 11.8 Å². The Morgan fingerprint density at radius 2 is 2.50 bits per heavy atom. The molecule has 0 saturated heterocycles. The minimum absolute atomic E-state index is 0.0689. The van der Waals surface area contributed by atoms with Crippen LogP contribution in [0.3, 0.4) is 0 Å². The quantitative estimate of drug-likeness (QED) is 0.668. The maximum atomic E-state index is 11.1. The average Bonchev–Trinajstić information content (AvgIpc) is 2.47. The maximum absolute atomic E-state index is 11.1. The summed E-state index contributed by atoms with van der Waals surface area (Å²) in [6, 6.07) is 0. The van der Waals surface area contributed by atoms with E-state index in [1.54, 1.807) is 6.92 Å². The second-order valence-electron chi connectivity index (χ2n) is 2.89. The summed E-state index contributed by atoms with van der Waals surface area (Å²) in [6.07, 6.45) is 0.978. The van der Waals surface area contributed by atoms with Crippen molar-refractivity contribution in [3.63, 3.8) is 0 Å². The van der Waals surface area contributed by atoms with Gasteiger partial charge in [-0.1, -0.05) is 0 Å². The van der Waals surface area contributed by atoms with Crippen LogP contribution in [0.5, 0.6) is 0 Å². The fourth-order valence-electron chi connectivity index (χ4n) is 1.43. The lowest BCUT2D eigenvalue weighted by Gasteiger charge is -2.09. The normalized spacial score (nSPS) is 15.8. The van der Waals surface area contributed by atoms with Gasteiger partial charge in [0.05, 0.1) is 0 Å². The summed E-state index contributed by atoms with van der Waals surface area (Å²) < 4.78 is 0. The van der Waals surface area contributed by atoms with Crippen LogP contribution in [0.15, 0.2) is 0 Å². The zero-order chi connectivity index (χ0) is 8.55. The molecule has 1 aromatic rings. The van der Waals surface area contributed by atoms with Crippen LogP contribution in [0.1, 0.15) is 28.7 Å². The Morgan fingerprint density at radius 3 is 3.25 bits per heavy atom. The first kappa shape index (κ1) is 7.86. The number of hydrogen-bond donors (Lipinski definition) is 1. The topological polar surface area (TPSA) is 45.8 Å². The number of nitrogens with one attached hydrogen (secondary N) is 1. The first-order valence-corrected chi connectivity index (χ1v) is 5.09. The molecule has 4 heteroatoms. The van der Waals surface area contributed by atoms with Crippen LogP contribution in [0.25, 0.3) is 0 Å². The fourth-order valence-corrected chi connectivity index (χ4v) is 2.37. The highest BCUT2D eigenvalue weighted by Crippen LogP contribution is 2.24. The lowest BCUT2D eigenvalue weighted by atomic mass is 10.1. The van der Waals surface area contributed by atoms with Gasteiger partial charge >= 0.3 is 0 Å². The van der Waals surface area contributed by atoms with Crippen molar-refractivity contribution in [1.82, 2.24) is 10.2 Å². The van der Waals surface area contributed by atoms with Crippen LogP contribution in [0.2, 0.25) is 0 Å². The van der Waals surface area contributed by atoms with Gasteiger partial charge in [-0.3, -0.25) is 9.89 Å². The molecule has 3 nitrogen and oxygen atoms in total. The summed E-state index contributed by atoms with van der Waals surface area (Å²) in [7, 11) is 0. The molecule has 1 aliphatic heterocycles. The van der Waals surface area contributed by atoms with E-state index in [0.29, 0.717) is 5.69 Å². The van der Waals surface area contributed by atoms with Gasteiger partial charge in [-0.05, 0) is 12.2 Å². The molecule has 0 aliphatic carbocycles. The Morgan fingerprint density at radius 1 is 1.67 bits per heavy atom. The monoisotopic (exact) mass is 182 g/mol. The minimum Gasteiger partial charge on any atom is -0.293 e. The molecule has 0 atom stereocenters.